The van der Waals surface area contributed by atoms with Crippen LogP contribution in [0.3, 0.4) is 0 Å². The third-order valence-electron chi connectivity index (χ3n) is 8.10. The lowest BCUT2D eigenvalue weighted by atomic mass is 9.90. The van der Waals surface area contributed by atoms with Crippen molar-refractivity contribution in [1.82, 2.24) is 38.8 Å². The molecule has 0 aliphatic heterocycles. The fourth-order valence-corrected chi connectivity index (χ4v) is 5.69. The number of hydrogen-bond donors (Lipinski definition) is 0. The molecule has 10 nitrogen and oxygen atoms in total. The van der Waals surface area contributed by atoms with Gasteiger partial charge in [-0.15, -0.1) is 11.3 Å². The highest BCUT2D eigenvalue weighted by Gasteiger charge is 2.19. The van der Waals surface area contributed by atoms with E-state index in [4.69, 9.17) is 8.94 Å². The summed E-state index contributed by atoms with van der Waals surface area (Å²) in [6.07, 6.45) is 18.2. The van der Waals surface area contributed by atoms with Crippen LogP contribution < -0.4 is 0 Å². The van der Waals surface area contributed by atoms with Crippen molar-refractivity contribution in [3.63, 3.8) is 0 Å². The Hall–Kier alpha value is -3.90. The topological polar surface area (TPSA) is 113 Å². The minimum atomic E-state index is 0.0938. The van der Waals surface area contributed by atoms with E-state index in [0.717, 1.165) is 11.3 Å². The fourth-order valence-electron chi connectivity index (χ4n) is 4.21. The zero-order chi connectivity index (χ0) is 70.2. The average Bonchev–Trinajstić information content (AvgIpc) is 4.05. The number of hydrogen-bond acceptors (Lipinski definition) is 10. The first-order chi connectivity index (χ1) is 37.4. The first kappa shape index (κ1) is 93.2. The van der Waals surface area contributed by atoms with Crippen LogP contribution in [0.5, 0.6) is 0 Å². The van der Waals surface area contributed by atoms with Gasteiger partial charge < -0.3 is 13.5 Å². The van der Waals surface area contributed by atoms with Crippen LogP contribution in [0, 0.1) is 32.5 Å². The Labute approximate surface area is 543 Å². The summed E-state index contributed by atoms with van der Waals surface area (Å²) in [6, 6.07) is 0. The second-order valence-corrected chi connectivity index (χ2v) is 39.4. The standard InChI is InChI=1S/2C8H14N2.2C7H11NO.2C7H11NS.6C5H12/c1-8(2,3)7-5-9-6-10(7)4;1-8(2,3)7-5-9-10(4)6-7;1-7(2,3)6-4-8-5-9-6;1-7(2,3)6-4-8-9-5-6;1-7(2,3)6-4-8-5-9-6;1-7(2,3)6-4-8-9-5-6;6*1-5(2,3)4/h2*5-6H,1-4H3;4*4-5H,1-3H3;6*1-4H3. The fraction of sp³-hybridized carbons (Fsp3) is 0.757. The Morgan fingerprint density at radius 2 is 0.779 bits per heavy atom. The molecule has 6 heterocycles. The van der Waals surface area contributed by atoms with Crippen LogP contribution >= 0.6 is 22.9 Å². The van der Waals surface area contributed by atoms with E-state index in [9.17, 15) is 0 Å². The van der Waals surface area contributed by atoms with Crippen LogP contribution in [0.2, 0.25) is 0 Å². The lowest BCUT2D eigenvalue weighted by Crippen LogP contribution is -2.15. The largest absolute Gasteiger partial charge is 0.448 e. The molecule has 0 radical (unpaired) electrons. The molecule has 0 aromatic carbocycles. The highest BCUT2D eigenvalue weighted by molar-refractivity contribution is 7.09. The van der Waals surface area contributed by atoms with Gasteiger partial charge in [-0.25, -0.2) is 14.3 Å². The quantitative estimate of drug-likeness (QED) is 0.148. The molecule has 0 N–H and O–H groups in total. The number of aromatic nitrogens is 8. The molecular formula is C74H144N8O2S2. The molecule has 6 aromatic heterocycles. The van der Waals surface area contributed by atoms with Gasteiger partial charge in [0.1, 0.15) is 12.0 Å². The van der Waals surface area contributed by atoms with Gasteiger partial charge in [-0.05, 0) is 76.8 Å². The summed E-state index contributed by atoms with van der Waals surface area (Å²) in [5.74, 6) is 0.933. The maximum Gasteiger partial charge on any atom is 0.180 e. The van der Waals surface area contributed by atoms with Crippen molar-refractivity contribution in [1.29, 1.82) is 0 Å². The minimum Gasteiger partial charge on any atom is -0.448 e. The number of thiazole rings is 1. The molecule has 12 heteroatoms. The van der Waals surface area contributed by atoms with Gasteiger partial charge in [0, 0.05) is 71.2 Å². The van der Waals surface area contributed by atoms with Gasteiger partial charge in [0.25, 0.3) is 0 Å². The Kier molecular flexibility index (Phi) is 43.3. The van der Waals surface area contributed by atoms with Crippen molar-refractivity contribution >= 4 is 22.9 Å². The molecule has 0 saturated carbocycles. The first-order valence-corrected chi connectivity index (χ1v) is 32.7. The minimum absolute atomic E-state index is 0.0938. The predicted octanol–water partition coefficient (Wildman–Crippen LogP) is 24.6. The molecule has 0 bridgehead atoms. The number of nitrogens with zero attached hydrogens (tertiary/aromatic N) is 8. The van der Waals surface area contributed by atoms with E-state index < -0.39 is 0 Å². The molecule has 6 aromatic rings. The summed E-state index contributed by atoms with van der Waals surface area (Å²) in [5, 5.41) is 9.81. The third kappa shape index (κ3) is 80.1. The number of imidazole rings is 1. The van der Waals surface area contributed by atoms with Crippen LogP contribution in [0.25, 0.3) is 0 Å². The van der Waals surface area contributed by atoms with E-state index in [0.29, 0.717) is 32.5 Å². The van der Waals surface area contributed by atoms with Gasteiger partial charge >= 0.3 is 0 Å². The highest BCUT2D eigenvalue weighted by Crippen LogP contribution is 2.26. The smallest absolute Gasteiger partial charge is 0.180 e. The van der Waals surface area contributed by atoms with Gasteiger partial charge in [0.05, 0.1) is 30.4 Å². The summed E-state index contributed by atoms with van der Waals surface area (Å²) < 4.78 is 17.7. The molecule has 0 fully saturated rings. The van der Waals surface area contributed by atoms with Crippen molar-refractivity contribution in [3.8, 4) is 0 Å². The Morgan fingerprint density at radius 1 is 0.384 bits per heavy atom. The van der Waals surface area contributed by atoms with Gasteiger partial charge in [-0.2, -0.15) is 5.10 Å². The first-order valence-electron chi connectivity index (χ1n) is 31.0. The second kappa shape index (κ2) is 40.0. The van der Waals surface area contributed by atoms with Gasteiger partial charge in [-0.1, -0.05) is 296 Å². The van der Waals surface area contributed by atoms with Gasteiger partial charge in [0.15, 0.2) is 6.39 Å². The van der Waals surface area contributed by atoms with Crippen molar-refractivity contribution in [2.45, 2.75) is 323 Å². The molecule has 6 rings (SSSR count). The molecule has 0 spiro atoms. The zero-order valence-corrected chi connectivity index (χ0v) is 66.8. The summed E-state index contributed by atoms with van der Waals surface area (Å²) >= 11 is 3.24. The average molecular weight is 1240 g/mol. The number of rotatable bonds is 0. The normalized spacial score (nSPS) is 12.0. The van der Waals surface area contributed by atoms with E-state index in [-0.39, 0.29) is 32.5 Å². The summed E-state index contributed by atoms with van der Waals surface area (Å²) in [7, 11) is 3.96. The molecular weight excluding hydrogens is 1100 g/mol. The van der Waals surface area contributed by atoms with Crippen molar-refractivity contribution in [2.75, 3.05) is 0 Å². The SMILES string of the molecule is CC(C)(C)C.CC(C)(C)C.CC(C)(C)C.CC(C)(C)C.CC(C)(C)C.CC(C)(C)C.CC(C)(C)c1cnco1.CC(C)(C)c1cncs1.CC(C)(C)c1cnoc1.CC(C)(C)c1cnsc1.Cn1cc(C(C)(C)C)cn1.Cn1cncc1C(C)(C)C. The van der Waals surface area contributed by atoms with Crippen LogP contribution in [0.4, 0.5) is 0 Å². The van der Waals surface area contributed by atoms with E-state index in [1.165, 1.54) is 39.6 Å². The van der Waals surface area contributed by atoms with Gasteiger partial charge in [0.2, 0.25) is 0 Å². The molecule has 0 atom stereocenters. The summed E-state index contributed by atoms with van der Waals surface area (Å²) in [6.45, 7) is 91.4. The number of aryl methyl sites for hydroxylation is 2. The highest BCUT2D eigenvalue weighted by atomic mass is 32.1. The molecule has 504 valence electrons. The molecule has 0 aliphatic carbocycles. The molecule has 0 amide bonds. The second-order valence-electron chi connectivity index (χ2n) is 37.9. The maximum atomic E-state index is 5.09. The van der Waals surface area contributed by atoms with E-state index in [1.54, 1.807) is 30.0 Å². The van der Waals surface area contributed by atoms with E-state index >= 15 is 0 Å². The number of oxazole rings is 1. The molecule has 0 unspecified atom stereocenters. The van der Waals surface area contributed by atoms with E-state index in [2.05, 4.69) is 337 Å². The summed E-state index contributed by atoms with van der Waals surface area (Å²) in [4.78, 5) is 13.2. The van der Waals surface area contributed by atoms with E-state index in [1.807, 2.05) is 55.4 Å². The molecule has 0 aliphatic rings. The van der Waals surface area contributed by atoms with Crippen molar-refractivity contribution in [2.24, 2.45) is 46.6 Å². The van der Waals surface area contributed by atoms with Crippen molar-refractivity contribution in [3.05, 3.63) is 106 Å². The summed E-state index contributed by atoms with van der Waals surface area (Å²) in [5.41, 5.74) is 11.2. The predicted molar refractivity (Wildman–Crippen MR) is 387 cm³/mol. The molecule has 86 heavy (non-hydrogen) atoms. The van der Waals surface area contributed by atoms with Crippen LogP contribution in [-0.4, -0.2) is 38.8 Å². The Balaban J connectivity index is -0.000000205. The Bertz CT molecular complexity index is 2120. The van der Waals surface area contributed by atoms with Crippen LogP contribution in [-0.2, 0) is 46.6 Å². The van der Waals surface area contributed by atoms with Crippen LogP contribution in [0.1, 0.15) is 324 Å². The van der Waals surface area contributed by atoms with Crippen molar-refractivity contribution < 1.29 is 8.94 Å². The van der Waals surface area contributed by atoms with Crippen LogP contribution in [0.15, 0.2) is 82.2 Å². The van der Waals surface area contributed by atoms with Gasteiger partial charge in [-0.3, -0.25) is 9.67 Å². The zero-order valence-electron chi connectivity index (χ0n) is 65.1. The maximum absolute atomic E-state index is 5.09. The molecule has 0 saturated heterocycles. The monoisotopic (exact) mass is 1240 g/mol. The lowest BCUT2D eigenvalue weighted by Gasteiger charge is -2.18. The lowest BCUT2D eigenvalue weighted by molar-refractivity contribution is 0.408. The third-order valence-corrected chi connectivity index (χ3v) is 9.88. The Morgan fingerprint density at radius 3 is 0.919 bits per heavy atom.